The molecule has 3 nitrogen and oxygen atoms in total. The Morgan fingerprint density at radius 1 is 1.30 bits per heavy atom. The quantitative estimate of drug-likeness (QED) is 0.548. The van der Waals surface area contributed by atoms with Gasteiger partial charge in [-0.2, -0.15) is 0 Å². The molecule has 0 aliphatic heterocycles. The first-order valence-electron chi connectivity index (χ1n) is 3.43. The second-order valence-corrected chi connectivity index (χ2v) is 2.97. The van der Waals surface area contributed by atoms with Gasteiger partial charge in [0.15, 0.2) is 0 Å². The predicted molar refractivity (Wildman–Crippen MR) is 41.3 cm³/mol. The Morgan fingerprint density at radius 3 is 2.10 bits per heavy atom. The van der Waals surface area contributed by atoms with Crippen molar-refractivity contribution in [3.8, 4) is 0 Å². The maximum Gasteiger partial charge on any atom is 0.102 e. The molecule has 10 heavy (non-hydrogen) atoms. The molecule has 1 N–H and O–H groups in total. The van der Waals surface area contributed by atoms with E-state index in [1.807, 2.05) is 0 Å². The third kappa shape index (κ3) is 6.01. The van der Waals surface area contributed by atoms with Gasteiger partial charge < -0.3 is 14.7 Å². The molecule has 0 aromatic heterocycles. The molecule has 0 fully saturated rings. The van der Waals surface area contributed by atoms with Crippen LogP contribution in [0.25, 0.3) is 0 Å². The van der Waals surface area contributed by atoms with Crippen molar-refractivity contribution < 1.29 is 14.7 Å². The highest BCUT2D eigenvalue weighted by molar-refractivity contribution is 4.27. The number of hydrogen-bond acceptors (Lipinski definition) is 2. The van der Waals surface area contributed by atoms with Gasteiger partial charge in [-0.05, 0) is 6.92 Å². The highest BCUT2D eigenvalue weighted by atomic mass is 16.5. The van der Waals surface area contributed by atoms with Crippen LogP contribution in [-0.2, 0) is 4.74 Å². The number of methoxy groups -OCH3 is 1. The van der Waals surface area contributed by atoms with Crippen molar-refractivity contribution >= 4 is 0 Å². The summed E-state index contributed by atoms with van der Waals surface area (Å²) in [5.41, 5.74) is 0. The number of ether oxygens (including phenoxy) is 1. The van der Waals surface area contributed by atoms with Gasteiger partial charge in [-0.1, -0.05) is 0 Å². The minimum absolute atomic E-state index is 0. The summed E-state index contributed by atoms with van der Waals surface area (Å²) in [6.07, 6.45) is 0. The molecule has 0 atom stereocenters. The largest absolute Gasteiger partial charge is 0.870 e. The molecule has 0 saturated heterocycles. The highest BCUT2D eigenvalue weighted by Gasteiger charge is 2.09. The molecule has 0 saturated carbocycles. The average Bonchev–Trinajstić information content (AvgIpc) is 1.84. The van der Waals surface area contributed by atoms with E-state index >= 15 is 0 Å². The van der Waals surface area contributed by atoms with E-state index in [-0.39, 0.29) is 5.48 Å². The van der Waals surface area contributed by atoms with Crippen LogP contribution in [0.3, 0.4) is 0 Å². The molecular weight excluding hydrogens is 130 g/mol. The topological polar surface area (TPSA) is 39.2 Å². The summed E-state index contributed by atoms with van der Waals surface area (Å²) >= 11 is 0. The van der Waals surface area contributed by atoms with Crippen LogP contribution in [0.4, 0.5) is 0 Å². The molecule has 0 rings (SSSR count). The maximum absolute atomic E-state index is 4.96. The lowest BCUT2D eigenvalue weighted by molar-refractivity contribution is -0.888. The Bertz CT molecular complexity index is 74.0. The van der Waals surface area contributed by atoms with Crippen molar-refractivity contribution in [1.82, 2.24) is 0 Å². The zero-order valence-electron chi connectivity index (χ0n) is 7.42. The number of likely N-dealkylation sites (N-methyl/N-ethyl adjacent to an activating group) is 1. The number of rotatable bonds is 4. The lowest BCUT2D eigenvalue weighted by atomic mass is 10.4. The van der Waals surface area contributed by atoms with Gasteiger partial charge in [-0.15, -0.1) is 0 Å². The number of hydrogen-bond donors (Lipinski definition) is 0. The number of quaternary nitrogens is 1. The summed E-state index contributed by atoms with van der Waals surface area (Å²) < 4.78 is 6.01. The van der Waals surface area contributed by atoms with E-state index in [2.05, 4.69) is 21.0 Å². The molecule has 3 heteroatoms. The van der Waals surface area contributed by atoms with E-state index in [1.54, 1.807) is 7.11 Å². The summed E-state index contributed by atoms with van der Waals surface area (Å²) in [7, 11) is 6.16. The average molecular weight is 149 g/mol. The third-order valence-corrected chi connectivity index (χ3v) is 1.76. The Hall–Kier alpha value is -0.120. The molecule has 0 aromatic rings. The molecule has 0 radical (unpaired) electrons. The first-order valence-corrected chi connectivity index (χ1v) is 3.43. The van der Waals surface area contributed by atoms with Gasteiger partial charge in [0.05, 0.1) is 27.2 Å². The summed E-state index contributed by atoms with van der Waals surface area (Å²) in [6, 6.07) is 0. The summed E-state index contributed by atoms with van der Waals surface area (Å²) in [4.78, 5) is 0. The molecule has 0 amide bonds. The normalized spacial score (nSPS) is 10.8. The van der Waals surface area contributed by atoms with E-state index in [1.165, 1.54) is 6.54 Å². The SMILES string of the molecule is CC[N+](C)(C)CCOC.[OH-]. The molecule has 0 unspecified atom stereocenters. The van der Waals surface area contributed by atoms with Gasteiger partial charge in [0.25, 0.3) is 0 Å². The standard InChI is InChI=1S/C7H18NO.H2O/c1-5-8(2,3)6-7-9-4;/h5-7H2,1-4H3;1H2/q+1;/p-1. The molecule has 0 aromatic carbocycles. The number of nitrogens with zero attached hydrogens (tertiary/aromatic N) is 1. The van der Waals surface area contributed by atoms with Crippen LogP contribution in [0.15, 0.2) is 0 Å². The van der Waals surface area contributed by atoms with Gasteiger partial charge in [-0.3, -0.25) is 0 Å². The summed E-state index contributed by atoms with van der Waals surface area (Å²) in [5.74, 6) is 0. The van der Waals surface area contributed by atoms with Crippen LogP contribution in [0.2, 0.25) is 0 Å². The molecule has 0 aliphatic rings. The zero-order chi connectivity index (χ0) is 7.33. The van der Waals surface area contributed by atoms with Crippen molar-refractivity contribution in [2.75, 3.05) is 40.9 Å². The van der Waals surface area contributed by atoms with Crippen LogP contribution < -0.4 is 0 Å². The highest BCUT2D eigenvalue weighted by Crippen LogP contribution is 1.93. The Labute approximate surface area is 63.5 Å². The van der Waals surface area contributed by atoms with E-state index in [0.29, 0.717) is 0 Å². The second kappa shape index (κ2) is 5.65. The summed E-state index contributed by atoms with van der Waals surface area (Å²) in [5, 5.41) is 0. The zero-order valence-corrected chi connectivity index (χ0v) is 7.42. The monoisotopic (exact) mass is 149 g/mol. The molecule has 64 valence electrons. The first-order chi connectivity index (χ1) is 4.12. The minimum Gasteiger partial charge on any atom is -0.870 e. The van der Waals surface area contributed by atoms with Crippen molar-refractivity contribution in [3.05, 3.63) is 0 Å². The molecule has 0 spiro atoms. The Balaban J connectivity index is 0. The first kappa shape index (κ1) is 12.5. The van der Waals surface area contributed by atoms with Gasteiger partial charge in [0.1, 0.15) is 6.54 Å². The van der Waals surface area contributed by atoms with Crippen molar-refractivity contribution in [1.29, 1.82) is 0 Å². The fraction of sp³-hybridized carbons (Fsp3) is 1.00. The third-order valence-electron chi connectivity index (χ3n) is 1.76. The molecular formula is C7H19NO2. The van der Waals surface area contributed by atoms with E-state index < -0.39 is 0 Å². The lowest BCUT2D eigenvalue weighted by Gasteiger charge is -2.27. The van der Waals surface area contributed by atoms with Crippen LogP contribution >= 0.6 is 0 Å². The van der Waals surface area contributed by atoms with Gasteiger partial charge in [-0.25, -0.2) is 0 Å². The Kier molecular flexibility index (Phi) is 7.09. The Morgan fingerprint density at radius 2 is 1.80 bits per heavy atom. The molecule has 0 bridgehead atoms. The second-order valence-electron chi connectivity index (χ2n) is 2.97. The molecule has 0 aliphatic carbocycles. The van der Waals surface area contributed by atoms with E-state index in [0.717, 1.165) is 17.6 Å². The lowest BCUT2D eigenvalue weighted by Crippen LogP contribution is -2.41. The van der Waals surface area contributed by atoms with Crippen molar-refractivity contribution in [2.45, 2.75) is 6.92 Å². The van der Waals surface area contributed by atoms with Gasteiger partial charge in [0.2, 0.25) is 0 Å². The van der Waals surface area contributed by atoms with Crippen molar-refractivity contribution in [3.63, 3.8) is 0 Å². The van der Waals surface area contributed by atoms with E-state index in [9.17, 15) is 0 Å². The van der Waals surface area contributed by atoms with Crippen LogP contribution in [0.5, 0.6) is 0 Å². The smallest absolute Gasteiger partial charge is 0.102 e. The van der Waals surface area contributed by atoms with Crippen LogP contribution in [-0.4, -0.2) is 50.9 Å². The van der Waals surface area contributed by atoms with E-state index in [4.69, 9.17) is 4.74 Å². The fourth-order valence-corrected chi connectivity index (χ4v) is 0.497. The minimum atomic E-state index is 0. The predicted octanol–water partition coefficient (Wildman–Crippen LogP) is 0.552. The van der Waals surface area contributed by atoms with Crippen LogP contribution in [0.1, 0.15) is 6.92 Å². The van der Waals surface area contributed by atoms with Gasteiger partial charge in [0, 0.05) is 7.11 Å². The van der Waals surface area contributed by atoms with Gasteiger partial charge >= 0.3 is 0 Å². The fourth-order valence-electron chi connectivity index (χ4n) is 0.497. The molecule has 0 heterocycles. The summed E-state index contributed by atoms with van der Waals surface area (Å²) in [6.45, 7) is 5.33. The van der Waals surface area contributed by atoms with Crippen molar-refractivity contribution in [2.24, 2.45) is 0 Å². The maximum atomic E-state index is 4.96. The van der Waals surface area contributed by atoms with Crippen LogP contribution in [0, 0.1) is 0 Å².